The summed E-state index contributed by atoms with van der Waals surface area (Å²) in [5, 5.41) is 9.16. The lowest BCUT2D eigenvalue weighted by Crippen LogP contribution is -2.41. The van der Waals surface area contributed by atoms with Crippen molar-refractivity contribution in [3.05, 3.63) is 29.8 Å². The highest BCUT2D eigenvalue weighted by atomic mass is 16.3. The van der Waals surface area contributed by atoms with Gasteiger partial charge >= 0.3 is 0 Å². The maximum Gasteiger partial charge on any atom is 0.239 e. The van der Waals surface area contributed by atoms with Crippen LogP contribution in [0.5, 0.6) is 5.75 Å². The molecule has 0 fully saturated rings. The lowest BCUT2D eigenvalue weighted by atomic mass is 10.1. The van der Waals surface area contributed by atoms with E-state index in [1.54, 1.807) is 36.2 Å². The van der Waals surface area contributed by atoms with Crippen LogP contribution in [0.15, 0.2) is 24.3 Å². The van der Waals surface area contributed by atoms with Crippen molar-refractivity contribution < 1.29 is 9.90 Å². The van der Waals surface area contributed by atoms with E-state index in [4.69, 9.17) is 10.8 Å². The standard InChI is InChI=1S/C13H20N2O2/c1-3-4-12(14)13(17)15(2)9-10-5-7-11(16)8-6-10/h5-8,12,16H,3-4,9,14H2,1-2H3/t12-/m0/s1. The van der Waals surface area contributed by atoms with Crippen LogP contribution in [0.2, 0.25) is 0 Å². The Morgan fingerprint density at radius 3 is 2.53 bits per heavy atom. The Labute approximate surface area is 102 Å². The summed E-state index contributed by atoms with van der Waals surface area (Å²) in [6.45, 7) is 2.52. The SMILES string of the molecule is CCC[C@H](N)C(=O)N(C)Cc1ccc(O)cc1. The molecule has 0 aliphatic rings. The van der Waals surface area contributed by atoms with E-state index in [-0.39, 0.29) is 11.7 Å². The Bertz CT molecular complexity index is 362. The molecular weight excluding hydrogens is 216 g/mol. The average Bonchev–Trinajstić information content (AvgIpc) is 2.31. The monoisotopic (exact) mass is 236 g/mol. The van der Waals surface area contributed by atoms with Crippen molar-refractivity contribution in [2.75, 3.05) is 7.05 Å². The predicted molar refractivity (Wildman–Crippen MR) is 67.5 cm³/mol. The number of phenols is 1. The van der Waals surface area contributed by atoms with Gasteiger partial charge in [-0.1, -0.05) is 25.5 Å². The summed E-state index contributed by atoms with van der Waals surface area (Å²) in [7, 11) is 1.74. The maximum atomic E-state index is 11.9. The molecule has 1 aromatic carbocycles. The molecule has 4 heteroatoms. The van der Waals surface area contributed by atoms with E-state index < -0.39 is 6.04 Å². The largest absolute Gasteiger partial charge is 0.508 e. The summed E-state index contributed by atoms with van der Waals surface area (Å²) < 4.78 is 0. The highest BCUT2D eigenvalue weighted by Gasteiger charge is 2.16. The van der Waals surface area contributed by atoms with Crippen LogP contribution in [0.1, 0.15) is 25.3 Å². The molecule has 3 N–H and O–H groups in total. The normalized spacial score (nSPS) is 12.2. The van der Waals surface area contributed by atoms with Gasteiger partial charge in [0.05, 0.1) is 6.04 Å². The van der Waals surface area contributed by atoms with Crippen molar-refractivity contribution >= 4 is 5.91 Å². The van der Waals surface area contributed by atoms with E-state index in [9.17, 15) is 4.79 Å². The van der Waals surface area contributed by atoms with E-state index >= 15 is 0 Å². The molecule has 17 heavy (non-hydrogen) atoms. The van der Waals surface area contributed by atoms with Gasteiger partial charge in [0.25, 0.3) is 0 Å². The Kier molecular flexibility index (Phi) is 4.97. The average molecular weight is 236 g/mol. The van der Waals surface area contributed by atoms with Crippen molar-refractivity contribution in [2.24, 2.45) is 5.73 Å². The minimum absolute atomic E-state index is 0.0417. The van der Waals surface area contributed by atoms with Crippen molar-refractivity contribution in [1.82, 2.24) is 4.90 Å². The topological polar surface area (TPSA) is 66.6 Å². The lowest BCUT2D eigenvalue weighted by molar-refractivity contribution is -0.131. The summed E-state index contributed by atoms with van der Waals surface area (Å²) in [6, 6.07) is 6.40. The first kappa shape index (κ1) is 13.5. The van der Waals surface area contributed by atoms with Crippen molar-refractivity contribution in [2.45, 2.75) is 32.4 Å². The summed E-state index contributed by atoms with van der Waals surface area (Å²) >= 11 is 0. The molecule has 0 saturated heterocycles. The molecule has 0 bridgehead atoms. The van der Waals surface area contributed by atoms with Gasteiger partial charge in [-0.2, -0.15) is 0 Å². The van der Waals surface area contributed by atoms with Crippen LogP contribution in [0.3, 0.4) is 0 Å². The molecule has 0 aliphatic heterocycles. The van der Waals surface area contributed by atoms with Gasteiger partial charge in [-0.15, -0.1) is 0 Å². The quantitative estimate of drug-likeness (QED) is 0.813. The molecule has 0 aliphatic carbocycles. The highest BCUT2D eigenvalue weighted by molar-refractivity contribution is 5.81. The van der Waals surface area contributed by atoms with Gasteiger partial charge in [0, 0.05) is 13.6 Å². The van der Waals surface area contributed by atoms with E-state index in [0.29, 0.717) is 13.0 Å². The third kappa shape index (κ3) is 4.07. The molecule has 0 radical (unpaired) electrons. The minimum Gasteiger partial charge on any atom is -0.508 e. The van der Waals surface area contributed by atoms with Crippen LogP contribution in [0.25, 0.3) is 0 Å². The number of carbonyl (C=O) groups excluding carboxylic acids is 1. The fourth-order valence-corrected chi connectivity index (χ4v) is 1.67. The van der Waals surface area contributed by atoms with Crippen molar-refractivity contribution in [3.8, 4) is 5.75 Å². The van der Waals surface area contributed by atoms with E-state index in [1.165, 1.54) is 0 Å². The molecule has 1 aromatic rings. The van der Waals surface area contributed by atoms with E-state index in [0.717, 1.165) is 12.0 Å². The number of nitrogens with two attached hydrogens (primary N) is 1. The zero-order valence-electron chi connectivity index (χ0n) is 10.4. The van der Waals surface area contributed by atoms with Gasteiger partial charge in [0.15, 0.2) is 0 Å². The fourth-order valence-electron chi connectivity index (χ4n) is 1.67. The zero-order valence-corrected chi connectivity index (χ0v) is 10.4. The van der Waals surface area contributed by atoms with Gasteiger partial charge in [0.2, 0.25) is 5.91 Å². The highest BCUT2D eigenvalue weighted by Crippen LogP contribution is 2.11. The van der Waals surface area contributed by atoms with Gasteiger partial charge in [0.1, 0.15) is 5.75 Å². The first-order valence-electron chi connectivity index (χ1n) is 5.83. The number of phenolic OH excluding ortho intramolecular Hbond substituents is 1. The van der Waals surface area contributed by atoms with Crippen LogP contribution in [-0.2, 0) is 11.3 Å². The summed E-state index contributed by atoms with van der Waals surface area (Å²) in [5.41, 5.74) is 6.75. The Morgan fingerprint density at radius 2 is 2.00 bits per heavy atom. The summed E-state index contributed by atoms with van der Waals surface area (Å²) in [4.78, 5) is 13.5. The molecule has 1 rings (SSSR count). The number of carbonyl (C=O) groups is 1. The van der Waals surface area contributed by atoms with Crippen LogP contribution in [-0.4, -0.2) is 29.0 Å². The van der Waals surface area contributed by atoms with Crippen LogP contribution in [0, 0.1) is 0 Å². The van der Waals surface area contributed by atoms with E-state index in [2.05, 4.69) is 0 Å². The maximum absolute atomic E-state index is 11.9. The van der Waals surface area contributed by atoms with Gasteiger partial charge < -0.3 is 15.7 Å². The van der Waals surface area contributed by atoms with Crippen molar-refractivity contribution in [1.29, 1.82) is 0 Å². The second-order valence-corrected chi connectivity index (χ2v) is 4.26. The number of hydrogen-bond acceptors (Lipinski definition) is 3. The number of likely N-dealkylation sites (N-methyl/N-ethyl adjacent to an activating group) is 1. The fraction of sp³-hybridized carbons (Fsp3) is 0.462. The second-order valence-electron chi connectivity index (χ2n) is 4.26. The lowest BCUT2D eigenvalue weighted by Gasteiger charge is -2.21. The molecule has 0 unspecified atom stereocenters. The first-order valence-corrected chi connectivity index (χ1v) is 5.83. The number of rotatable bonds is 5. The third-order valence-corrected chi connectivity index (χ3v) is 2.65. The van der Waals surface area contributed by atoms with Crippen LogP contribution in [0.4, 0.5) is 0 Å². The number of aromatic hydroxyl groups is 1. The molecule has 4 nitrogen and oxygen atoms in total. The third-order valence-electron chi connectivity index (χ3n) is 2.65. The Hall–Kier alpha value is -1.55. The Balaban J connectivity index is 2.56. The van der Waals surface area contributed by atoms with E-state index in [1.807, 2.05) is 6.92 Å². The predicted octanol–water partition coefficient (Wildman–Crippen LogP) is 1.48. The molecule has 0 heterocycles. The van der Waals surface area contributed by atoms with Gasteiger partial charge in [-0.3, -0.25) is 4.79 Å². The van der Waals surface area contributed by atoms with Crippen LogP contribution < -0.4 is 5.73 Å². The Morgan fingerprint density at radius 1 is 1.41 bits per heavy atom. The molecule has 0 aromatic heterocycles. The molecule has 1 atom stereocenters. The second kappa shape index (κ2) is 6.25. The van der Waals surface area contributed by atoms with Gasteiger partial charge in [-0.05, 0) is 24.1 Å². The van der Waals surface area contributed by atoms with Gasteiger partial charge in [-0.25, -0.2) is 0 Å². The summed E-state index contributed by atoms with van der Waals surface area (Å²) in [5.74, 6) is 0.185. The first-order chi connectivity index (χ1) is 8.04. The zero-order chi connectivity index (χ0) is 12.8. The van der Waals surface area contributed by atoms with Crippen molar-refractivity contribution in [3.63, 3.8) is 0 Å². The molecule has 1 amide bonds. The van der Waals surface area contributed by atoms with Crippen LogP contribution >= 0.6 is 0 Å². The summed E-state index contributed by atoms with van der Waals surface area (Å²) in [6.07, 6.45) is 1.61. The molecule has 0 spiro atoms. The molecule has 94 valence electrons. The molecule has 0 saturated carbocycles. The number of hydrogen-bond donors (Lipinski definition) is 2. The number of nitrogens with zero attached hydrogens (tertiary/aromatic N) is 1. The minimum atomic E-state index is -0.415. The smallest absolute Gasteiger partial charge is 0.239 e. The number of amides is 1. The molecular formula is C13H20N2O2. The number of benzene rings is 1.